The highest BCUT2D eigenvalue weighted by Crippen LogP contribution is 2.22. The summed E-state index contributed by atoms with van der Waals surface area (Å²) in [7, 11) is 0. The summed E-state index contributed by atoms with van der Waals surface area (Å²) in [5, 5.41) is 11.5. The van der Waals surface area contributed by atoms with Crippen molar-refractivity contribution < 1.29 is 9.18 Å². The van der Waals surface area contributed by atoms with Gasteiger partial charge in [0.25, 0.3) is 0 Å². The Morgan fingerprint density at radius 3 is 2.78 bits per heavy atom. The van der Waals surface area contributed by atoms with Gasteiger partial charge in [-0.05, 0) is 58.3 Å². The van der Waals surface area contributed by atoms with E-state index in [9.17, 15) is 9.18 Å². The maximum atomic E-state index is 13.6. The number of hydrogen-bond acceptors (Lipinski definition) is 3. The van der Waals surface area contributed by atoms with Crippen LogP contribution in [0.3, 0.4) is 0 Å². The van der Waals surface area contributed by atoms with Crippen LogP contribution in [0.25, 0.3) is 23.4 Å². The highest BCUT2D eigenvalue weighted by atomic mass is 19.1. The second-order valence-electron chi connectivity index (χ2n) is 6.94. The summed E-state index contributed by atoms with van der Waals surface area (Å²) in [6.45, 7) is 5.06. The molecule has 2 aliphatic rings. The van der Waals surface area contributed by atoms with Crippen molar-refractivity contribution in [2.75, 3.05) is 26.2 Å². The molecule has 3 N–H and O–H groups in total. The van der Waals surface area contributed by atoms with Gasteiger partial charge in [-0.3, -0.25) is 0 Å². The van der Waals surface area contributed by atoms with Crippen molar-refractivity contribution in [2.24, 2.45) is 0 Å². The maximum Gasteiger partial charge on any atom is 0.319 e. The molecule has 0 saturated carbocycles. The number of urea groups is 1. The Morgan fingerprint density at radius 2 is 1.96 bits per heavy atom. The number of halogens is 1. The van der Waals surface area contributed by atoms with Crippen molar-refractivity contribution in [1.82, 2.24) is 20.9 Å². The Morgan fingerprint density at radius 1 is 1.15 bits per heavy atom. The van der Waals surface area contributed by atoms with Gasteiger partial charge in [0.1, 0.15) is 12.0 Å². The van der Waals surface area contributed by atoms with Gasteiger partial charge < -0.3 is 20.9 Å². The van der Waals surface area contributed by atoms with Gasteiger partial charge >= 0.3 is 6.03 Å². The molecule has 5 nitrogen and oxygen atoms in total. The van der Waals surface area contributed by atoms with Crippen LogP contribution in [-0.4, -0.2) is 43.3 Å². The fourth-order valence-corrected chi connectivity index (χ4v) is 3.51. The Labute approximate surface area is 157 Å². The molecule has 1 atom stereocenters. The van der Waals surface area contributed by atoms with E-state index in [1.807, 2.05) is 42.3 Å². The van der Waals surface area contributed by atoms with E-state index < -0.39 is 0 Å². The summed E-state index contributed by atoms with van der Waals surface area (Å²) >= 11 is 0. The summed E-state index contributed by atoms with van der Waals surface area (Å²) in [6.07, 6.45) is 3.65. The van der Waals surface area contributed by atoms with Crippen LogP contribution in [0.5, 0.6) is 0 Å². The number of piperazine rings is 1. The molecule has 0 aliphatic carbocycles. The summed E-state index contributed by atoms with van der Waals surface area (Å²) in [6, 6.07) is 10.8. The number of benzene rings is 2. The second-order valence-corrected chi connectivity index (χ2v) is 6.94. The molecular formula is C21H23FN4O. The first kappa shape index (κ1) is 17.5. The largest absolute Gasteiger partial charge is 0.367 e. The summed E-state index contributed by atoms with van der Waals surface area (Å²) in [4.78, 5) is 14.2. The number of fused-ring (bicyclic) bond motifs is 1. The van der Waals surface area contributed by atoms with Crippen LogP contribution in [0.4, 0.5) is 9.18 Å². The molecule has 2 heterocycles. The lowest BCUT2D eigenvalue weighted by Gasteiger charge is -2.29. The van der Waals surface area contributed by atoms with Crippen molar-refractivity contribution >= 4 is 18.3 Å². The van der Waals surface area contributed by atoms with E-state index in [0.29, 0.717) is 0 Å². The van der Waals surface area contributed by atoms with E-state index >= 15 is 0 Å². The second kappa shape index (κ2) is 7.40. The van der Waals surface area contributed by atoms with E-state index in [0.717, 1.165) is 53.3 Å². The summed E-state index contributed by atoms with van der Waals surface area (Å²) in [5.74, 6) is -0.238. The van der Waals surface area contributed by atoms with Gasteiger partial charge in [0.2, 0.25) is 0 Å². The van der Waals surface area contributed by atoms with Crippen molar-refractivity contribution in [3.8, 4) is 11.1 Å². The molecule has 2 aliphatic heterocycles. The number of nitrogens with one attached hydrogen (secondary N) is 3. The first-order chi connectivity index (χ1) is 13.1. The molecule has 0 radical (unpaired) electrons. The van der Waals surface area contributed by atoms with Gasteiger partial charge in [-0.1, -0.05) is 18.2 Å². The molecule has 0 aromatic heterocycles. The normalized spacial score (nSPS) is 18.6. The molecule has 140 valence electrons. The molecule has 1 saturated heterocycles. The van der Waals surface area contributed by atoms with Crippen LogP contribution < -0.4 is 26.4 Å². The molecule has 27 heavy (non-hydrogen) atoms. The number of rotatable bonds is 2. The minimum atomic E-state index is -0.248. The smallest absolute Gasteiger partial charge is 0.319 e. The summed E-state index contributed by atoms with van der Waals surface area (Å²) in [5.41, 5.74) is 2.89. The zero-order valence-electron chi connectivity index (χ0n) is 15.3. The molecule has 1 unspecified atom stereocenters. The lowest BCUT2D eigenvalue weighted by atomic mass is 9.99. The Kier molecular flexibility index (Phi) is 4.81. The van der Waals surface area contributed by atoms with Gasteiger partial charge in [0.15, 0.2) is 0 Å². The van der Waals surface area contributed by atoms with Crippen molar-refractivity contribution in [3.05, 3.63) is 58.2 Å². The van der Waals surface area contributed by atoms with Crippen LogP contribution >= 0.6 is 0 Å². The lowest BCUT2D eigenvalue weighted by Crippen LogP contribution is -2.55. The average Bonchev–Trinajstić information content (AvgIpc) is 2.70. The zero-order chi connectivity index (χ0) is 18.8. The lowest BCUT2D eigenvalue weighted by molar-refractivity contribution is 0.188. The predicted octanol–water partition coefficient (Wildman–Crippen LogP) is 0.864. The van der Waals surface area contributed by atoms with Crippen LogP contribution in [0.15, 0.2) is 36.4 Å². The van der Waals surface area contributed by atoms with Gasteiger partial charge in [-0.25, -0.2) is 9.18 Å². The quantitative estimate of drug-likeness (QED) is 0.739. The van der Waals surface area contributed by atoms with Crippen molar-refractivity contribution in [3.63, 3.8) is 0 Å². The number of nitrogens with zero attached hydrogens (tertiary/aromatic N) is 1. The fraction of sp³-hybridized carbons (Fsp3) is 0.286. The molecule has 2 amide bonds. The van der Waals surface area contributed by atoms with Gasteiger partial charge in [-0.2, -0.15) is 0 Å². The number of aryl methyl sites for hydroxylation is 1. The SMILES string of the molecule is Cc1ccc(F)cc1-c1ccc2c(c1)=CNC(NC(=O)N1CCNCC1)C=2. The third-order valence-electron chi connectivity index (χ3n) is 5.05. The van der Waals surface area contributed by atoms with Gasteiger partial charge in [0.05, 0.1) is 0 Å². The highest BCUT2D eigenvalue weighted by Gasteiger charge is 2.18. The number of carbonyl (C=O) groups is 1. The summed E-state index contributed by atoms with van der Waals surface area (Å²) < 4.78 is 13.6. The van der Waals surface area contributed by atoms with E-state index in [2.05, 4.69) is 16.0 Å². The minimum Gasteiger partial charge on any atom is -0.367 e. The first-order valence-electron chi connectivity index (χ1n) is 9.21. The van der Waals surface area contributed by atoms with Crippen molar-refractivity contribution in [1.29, 1.82) is 0 Å². The average molecular weight is 366 g/mol. The maximum absolute atomic E-state index is 13.6. The van der Waals surface area contributed by atoms with Crippen LogP contribution in [0, 0.1) is 12.7 Å². The van der Waals surface area contributed by atoms with E-state index in [1.165, 1.54) is 6.07 Å². The van der Waals surface area contributed by atoms with Crippen LogP contribution in [0.1, 0.15) is 5.56 Å². The van der Waals surface area contributed by atoms with Crippen LogP contribution in [-0.2, 0) is 0 Å². The first-order valence-corrected chi connectivity index (χ1v) is 9.21. The van der Waals surface area contributed by atoms with E-state index in [4.69, 9.17) is 0 Å². The van der Waals surface area contributed by atoms with Crippen molar-refractivity contribution in [2.45, 2.75) is 13.1 Å². The molecular weight excluding hydrogens is 343 g/mol. The molecule has 2 aromatic carbocycles. The molecule has 1 fully saturated rings. The molecule has 0 spiro atoms. The predicted molar refractivity (Wildman–Crippen MR) is 105 cm³/mol. The number of hydrogen-bond donors (Lipinski definition) is 3. The van der Waals surface area contributed by atoms with Gasteiger partial charge in [0, 0.05) is 32.4 Å². The third kappa shape index (κ3) is 3.80. The zero-order valence-corrected chi connectivity index (χ0v) is 15.3. The van der Waals surface area contributed by atoms with Gasteiger partial charge in [-0.15, -0.1) is 0 Å². The fourth-order valence-electron chi connectivity index (χ4n) is 3.51. The molecule has 2 aromatic rings. The van der Waals surface area contributed by atoms with E-state index in [1.54, 1.807) is 12.1 Å². The Bertz CT molecular complexity index is 982. The molecule has 6 heteroatoms. The standard InChI is InChI=1S/C21H23FN4O/c1-14-2-5-18(22)12-19(14)16-4-3-15-11-20(24-13-17(15)10-16)25-21(27)26-8-6-23-7-9-26/h2-5,10-13,20,23-24H,6-9H2,1H3,(H,25,27). The number of amides is 2. The minimum absolute atomic E-state index is 0.0610. The Balaban J connectivity index is 1.55. The molecule has 0 bridgehead atoms. The third-order valence-corrected chi connectivity index (χ3v) is 5.05. The molecule has 4 rings (SSSR count). The van der Waals surface area contributed by atoms with E-state index in [-0.39, 0.29) is 18.0 Å². The number of carbonyl (C=O) groups excluding carboxylic acids is 1. The monoisotopic (exact) mass is 366 g/mol. The topological polar surface area (TPSA) is 56.4 Å². The van der Waals surface area contributed by atoms with Crippen LogP contribution in [0.2, 0.25) is 0 Å². The Hall–Kier alpha value is -2.86. The highest BCUT2D eigenvalue weighted by molar-refractivity contribution is 5.76.